The van der Waals surface area contributed by atoms with E-state index in [1.54, 1.807) is 6.20 Å². The second-order valence-electron chi connectivity index (χ2n) is 5.93. The molecule has 0 saturated carbocycles. The van der Waals surface area contributed by atoms with E-state index in [9.17, 15) is 4.79 Å². The van der Waals surface area contributed by atoms with Gasteiger partial charge in [-0.25, -0.2) is 4.79 Å². The molecule has 1 aromatic carbocycles. The van der Waals surface area contributed by atoms with Crippen LogP contribution in [0, 0.1) is 0 Å². The van der Waals surface area contributed by atoms with Crippen LogP contribution < -0.4 is 10.6 Å². The summed E-state index contributed by atoms with van der Waals surface area (Å²) < 4.78 is 1.99. The van der Waals surface area contributed by atoms with Crippen LogP contribution in [0.1, 0.15) is 23.0 Å². The average Bonchev–Trinajstić information content (AvgIpc) is 3.06. The zero-order chi connectivity index (χ0) is 17.5. The Morgan fingerprint density at radius 1 is 1.08 bits per heavy atom. The highest BCUT2D eigenvalue weighted by Gasteiger charge is 2.15. The molecule has 0 spiro atoms. The molecule has 0 aliphatic heterocycles. The fourth-order valence-corrected chi connectivity index (χ4v) is 2.73. The van der Waals surface area contributed by atoms with Crippen molar-refractivity contribution in [1.82, 2.24) is 20.2 Å². The van der Waals surface area contributed by atoms with E-state index in [1.807, 2.05) is 78.5 Å². The molecule has 5 heteroatoms. The Balaban J connectivity index is 1.66. The lowest BCUT2D eigenvalue weighted by Crippen LogP contribution is -2.38. The van der Waals surface area contributed by atoms with Crippen LogP contribution in [-0.4, -0.2) is 15.6 Å². The zero-order valence-electron chi connectivity index (χ0n) is 14.2. The van der Waals surface area contributed by atoms with Gasteiger partial charge in [0, 0.05) is 37.3 Å². The van der Waals surface area contributed by atoms with Crippen molar-refractivity contribution in [2.75, 3.05) is 0 Å². The molecule has 1 atom stereocenters. The van der Waals surface area contributed by atoms with Crippen LogP contribution in [0.4, 0.5) is 4.79 Å². The van der Waals surface area contributed by atoms with Crippen LogP contribution in [0.2, 0.25) is 0 Å². The monoisotopic (exact) mass is 334 g/mol. The topological polar surface area (TPSA) is 59.0 Å². The lowest BCUT2D eigenvalue weighted by molar-refractivity contribution is 0.236. The summed E-state index contributed by atoms with van der Waals surface area (Å²) in [4.78, 5) is 16.7. The third-order valence-electron chi connectivity index (χ3n) is 4.13. The van der Waals surface area contributed by atoms with Gasteiger partial charge in [-0.05, 0) is 29.8 Å². The fourth-order valence-electron chi connectivity index (χ4n) is 2.73. The number of carbonyl (C=O) groups excluding carboxylic acids is 1. The molecule has 1 unspecified atom stereocenters. The largest absolute Gasteiger partial charge is 0.353 e. The van der Waals surface area contributed by atoms with E-state index in [0.717, 1.165) is 17.0 Å². The minimum absolute atomic E-state index is 0.135. The standard InChI is InChI=1S/C20H22N4O/c1-24-13-7-11-18(24)15-22-20(25)23-19(16-8-3-2-4-9-16)14-17-10-5-6-12-21-17/h2-13,19H,14-15H2,1H3,(H2,22,23,25). The zero-order valence-corrected chi connectivity index (χ0v) is 14.2. The van der Waals surface area contributed by atoms with Gasteiger partial charge in [-0.2, -0.15) is 0 Å². The lowest BCUT2D eigenvalue weighted by atomic mass is 10.0. The maximum atomic E-state index is 12.4. The molecule has 0 aliphatic carbocycles. The maximum Gasteiger partial charge on any atom is 0.315 e. The number of pyridine rings is 1. The number of rotatable bonds is 6. The van der Waals surface area contributed by atoms with Gasteiger partial charge in [-0.1, -0.05) is 36.4 Å². The predicted octanol–water partition coefficient (Wildman–Crippen LogP) is 3.20. The van der Waals surface area contributed by atoms with Gasteiger partial charge in [-0.15, -0.1) is 0 Å². The summed E-state index contributed by atoms with van der Waals surface area (Å²) in [6.45, 7) is 0.487. The second kappa shape index (κ2) is 8.15. The highest BCUT2D eigenvalue weighted by molar-refractivity contribution is 5.74. The number of aromatic nitrogens is 2. The third-order valence-corrected chi connectivity index (χ3v) is 4.13. The highest BCUT2D eigenvalue weighted by atomic mass is 16.2. The van der Waals surface area contributed by atoms with Gasteiger partial charge in [0.05, 0.1) is 12.6 Å². The first-order chi connectivity index (χ1) is 12.2. The van der Waals surface area contributed by atoms with E-state index in [0.29, 0.717) is 13.0 Å². The van der Waals surface area contributed by atoms with Gasteiger partial charge in [0.1, 0.15) is 0 Å². The van der Waals surface area contributed by atoms with Crippen LogP contribution >= 0.6 is 0 Å². The lowest BCUT2D eigenvalue weighted by Gasteiger charge is -2.19. The number of aryl methyl sites for hydroxylation is 1. The number of urea groups is 1. The van der Waals surface area contributed by atoms with Crippen LogP contribution in [-0.2, 0) is 20.0 Å². The van der Waals surface area contributed by atoms with E-state index in [2.05, 4.69) is 15.6 Å². The number of hydrogen-bond donors (Lipinski definition) is 2. The van der Waals surface area contributed by atoms with Gasteiger partial charge < -0.3 is 15.2 Å². The number of benzene rings is 1. The van der Waals surface area contributed by atoms with Crippen molar-refractivity contribution in [1.29, 1.82) is 0 Å². The Morgan fingerprint density at radius 3 is 2.56 bits per heavy atom. The first-order valence-electron chi connectivity index (χ1n) is 8.32. The molecule has 25 heavy (non-hydrogen) atoms. The normalized spacial score (nSPS) is 11.7. The maximum absolute atomic E-state index is 12.4. The van der Waals surface area contributed by atoms with Crippen LogP contribution in [0.3, 0.4) is 0 Å². The summed E-state index contributed by atoms with van der Waals surface area (Å²) in [5.74, 6) is 0. The molecule has 128 valence electrons. The van der Waals surface area contributed by atoms with Crippen molar-refractivity contribution in [2.24, 2.45) is 7.05 Å². The van der Waals surface area contributed by atoms with Crippen molar-refractivity contribution in [3.63, 3.8) is 0 Å². The van der Waals surface area contributed by atoms with Gasteiger partial charge in [-0.3, -0.25) is 4.98 Å². The molecule has 5 nitrogen and oxygen atoms in total. The van der Waals surface area contributed by atoms with E-state index >= 15 is 0 Å². The fraction of sp³-hybridized carbons (Fsp3) is 0.200. The Labute approximate surface area is 147 Å². The molecule has 2 heterocycles. The van der Waals surface area contributed by atoms with Gasteiger partial charge in [0.2, 0.25) is 0 Å². The van der Waals surface area contributed by atoms with Crippen LogP contribution in [0.15, 0.2) is 73.1 Å². The summed E-state index contributed by atoms with van der Waals surface area (Å²) in [5, 5.41) is 5.99. The summed E-state index contributed by atoms with van der Waals surface area (Å²) in [5.41, 5.74) is 3.05. The summed E-state index contributed by atoms with van der Waals surface area (Å²) >= 11 is 0. The van der Waals surface area contributed by atoms with Crippen molar-refractivity contribution < 1.29 is 4.79 Å². The number of amides is 2. The Hall–Kier alpha value is -3.08. The third kappa shape index (κ3) is 4.70. The van der Waals surface area contributed by atoms with E-state index < -0.39 is 0 Å². The van der Waals surface area contributed by atoms with Crippen LogP contribution in [0.5, 0.6) is 0 Å². The molecule has 0 bridgehead atoms. The van der Waals surface area contributed by atoms with Crippen molar-refractivity contribution in [3.05, 3.63) is 90.0 Å². The molecule has 0 aliphatic rings. The minimum Gasteiger partial charge on any atom is -0.353 e. The first-order valence-corrected chi connectivity index (χ1v) is 8.32. The molecule has 3 aromatic rings. The molecule has 2 aromatic heterocycles. The van der Waals surface area contributed by atoms with Crippen LogP contribution in [0.25, 0.3) is 0 Å². The number of carbonyl (C=O) groups is 1. The van der Waals surface area contributed by atoms with Crippen molar-refractivity contribution in [3.8, 4) is 0 Å². The van der Waals surface area contributed by atoms with E-state index in [4.69, 9.17) is 0 Å². The quantitative estimate of drug-likeness (QED) is 0.727. The summed E-state index contributed by atoms with van der Waals surface area (Å²) in [6, 6.07) is 19.4. The minimum atomic E-state index is -0.189. The van der Waals surface area contributed by atoms with Crippen molar-refractivity contribution in [2.45, 2.75) is 19.0 Å². The highest BCUT2D eigenvalue weighted by Crippen LogP contribution is 2.17. The first kappa shape index (κ1) is 16.8. The smallest absolute Gasteiger partial charge is 0.315 e. The van der Waals surface area contributed by atoms with Gasteiger partial charge in [0.15, 0.2) is 0 Å². The molecule has 3 rings (SSSR count). The molecule has 2 amide bonds. The van der Waals surface area contributed by atoms with Gasteiger partial charge in [0.25, 0.3) is 0 Å². The number of nitrogens with zero attached hydrogens (tertiary/aromatic N) is 2. The summed E-state index contributed by atoms with van der Waals surface area (Å²) in [6.07, 6.45) is 4.37. The molecule has 0 fully saturated rings. The number of hydrogen-bond acceptors (Lipinski definition) is 2. The Kier molecular flexibility index (Phi) is 5.46. The molecule has 0 saturated heterocycles. The molecular weight excluding hydrogens is 312 g/mol. The van der Waals surface area contributed by atoms with E-state index in [1.165, 1.54) is 0 Å². The second-order valence-corrected chi connectivity index (χ2v) is 5.93. The molecule has 0 radical (unpaired) electrons. The van der Waals surface area contributed by atoms with E-state index in [-0.39, 0.29) is 12.1 Å². The SMILES string of the molecule is Cn1cccc1CNC(=O)NC(Cc1ccccn1)c1ccccc1. The molecule has 2 N–H and O–H groups in total. The summed E-state index contributed by atoms with van der Waals surface area (Å²) in [7, 11) is 1.96. The van der Waals surface area contributed by atoms with Crippen molar-refractivity contribution >= 4 is 6.03 Å². The Bertz CT molecular complexity index is 799. The number of nitrogens with one attached hydrogen (secondary N) is 2. The molecular formula is C20H22N4O. The van der Waals surface area contributed by atoms with Gasteiger partial charge >= 0.3 is 6.03 Å². The average molecular weight is 334 g/mol. The predicted molar refractivity (Wildman–Crippen MR) is 97.9 cm³/mol. The Morgan fingerprint density at radius 2 is 1.88 bits per heavy atom.